The summed E-state index contributed by atoms with van der Waals surface area (Å²) >= 11 is 0. The highest BCUT2D eigenvalue weighted by atomic mass is 15.3. The zero-order chi connectivity index (χ0) is 11.7. The summed E-state index contributed by atoms with van der Waals surface area (Å²) in [7, 11) is 0. The van der Waals surface area contributed by atoms with Gasteiger partial charge >= 0.3 is 0 Å². The smallest absolute Gasteiger partial charge is 0.0659 e. The third-order valence-corrected chi connectivity index (χ3v) is 3.64. The summed E-state index contributed by atoms with van der Waals surface area (Å²) < 4.78 is 1.97. The summed E-state index contributed by atoms with van der Waals surface area (Å²) in [6, 6.07) is 10.4. The van der Waals surface area contributed by atoms with Gasteiger partial charge in [-0.15, -0.1) is 0 Å². The third kappa shape index (κ3) is 1.98. The maximum Gasteiger partial charge on any atom is 0.0659 e. The van der Waals surface area contributed by atoms with Crippen molar-refractivity contribution in [3.8, 4) is 0 Å². The molecule has 17 heavy (non-hydrogen) atoms. The number of aromatic nitrogens is 2. The van der Waals surface area contributed by atoms with Gasteiger partial charge in [0.15, 0.2) is 0 Å². The van der Waals surface area contributed by atoms with Crippen LogP contribution in [-0.4, -0.2) is 9.78 Å². The molecule has 0 amide bonds. The molecule has 88 valence electrons. The summed E-state index contributed by atoms with van der Waals surface area (Å²) in [5.74, 6) is 0. The number of hydrogen-bond acceptors (Lipinski definition) is 2. The molecule has 2 N–H and O–H groups in total. The van der Waals surface area contributed by atoms with Gasteiger partial charge in [0.25, 0.3) is 0 Å². The second-order valence-electron chi connectivity index (χ2n) is 4.92. The van der Waals surface area contributed by atoms with Gasteiger partial charge in [0.1, 0.15) is 0 Å². The first kappa shape index (κ1) is 10.5. The van der Waals surface area contributed by atoms with Crippen LogP contribution in [-0.2, 0) is 12.1 Å². The summed E-state index contributed by atoms with van der Waals surface area (Å²) in [5, 5.41) is 4.40. The minimum absolute atomic E-state index is 0.102. The number of nitrogens with zero attached hydrogens (tertiary/aromatic N) is 2. The molecule has 1 aliphatic rings. The molecule has 0 bridgehead atoms. The van der Waals surface area contributed by atoms with Crippen LogP contribution in [0.25, 0.3) is 0 Å². The van der Waals surface area contributed by atoms with Gasteiger partial charge in [0.2, 0.25) is 0 Å². The second-order valence-corrected chi connectivity index (χ2v) is 4.92. The first-order valence-electron chi connectivity index (χ1n) is 6.12. The highest BCUT2D eigenvalue weighted by Gasteiger charge is 2.35. The molecule has 0 unspecified atom stereocenters. The van der Waals surface area contributed by atoms with Crippen molar-refractivity contribution < 1.29 is 0 Å². The van der Waals surface area contributed by atoms with Crippen LogP contribution in [0.3, 0.4) is 0 Å². The average Bonchev–Trinajstić information content (AvgIpc) is 2.76. The molecular weight excluding hydrogens is 210 g/mol. The zero-order valence-electron chi connectivity index (χ0n) is 9.84. The van der Waals surface area contributed by atoms with Gasteiger partial charge in [-0.2, -0.15) is 5.10 Å². The van der Waals surface area contributed by atoms with Crippen molar-refractivity contribution in [3.63, 3.8) is 0 Å². The molecule has 0 radical (unpaired) electrons. The fourth-order valence-corrected chi connectivity index (χ4v) is 2.32. The van der Waals surface area contributed by atoms with E-state index in [1.54, 1.807) is 0 Å². The Bertz CT molecular complexity index is 497. The normalized spacial score (nSPS) is 17.7. The molecule has 2 aromatic rings. The van der Waals surface area contributed by atoms with Crippen LogP contribution in [0.2, 0.25) is 0 Å². The highest BCUT2D eigenvalue weighted by molar-refractivity contribution is 5.22. The largest absolute Gasteiger partial charge is 0.321 e. The molecule has 0 saturated heterocycles. The minimum atomic E-state index is -0.102. The topological polar surface area (TPSA) is 43.8 Å². The van der Waals surface area contributed by atoms with E-state index in [1.165, 1.54) is 17.5 Å². The zero-order valence-corrected chi connectivity index (χ0v) is 9.84. The van der Waals surface area contributed by atoms with Crippen molar-refractivity contribution in [1.82, 2.24) is 9.78 Å². The lowest BCUT2D eigenvalue weighted by atomic mass is 9.74. The Balaban J connectivity index is 1.77. The number of nitrogens with two attached hydrogens (primary N) is 1. The lowest BCUT2D eigenvalue weighted by Gasteiger charge is -2.37. The van der Waals surface area contributed by atoms with Crippen LogP contribution in [0.4, 0.5) is 0 Å². The van der Waals surface area contributed by atoms with Crippen LogP contribution in [0.5, 0.6) is 0 Å². The Morgan fingerprint density at radius 3 is 2.65 bits per heavy atom. The van der Waals surface area contributed by atoms with Gasteiger partial charge in [-0.3, -0.25) is 4.68 Å². The number of benzene rings is 1. The number of hydrogen-bond donors (Lipinski definition) is 1. The predicted molar refractivity (Wildman–Crippen MR) is 67.5 cm³/mol. The molecule has 1 saturated carbocycles. The quantitative estimate of drug-likeness (QED) is 0.874. The van der Waals surface area contributed by atoms with Gasteiger partial charge in [-0.05, 0) is 24.8 Å². The maximum absolute atomic E-state index is 6.28. The van der Waals surface area contributed by atoms with E-state index in [2.05, 4.69) is 35.6 Å². The first-order valence-corrected chi connectivity index (χ1v) is 6.12. The van der Waals surface area contributed by atoms with Crippen molar-refractivity contribution in [1.29, 1.82) is 0 Å². The van der Waals surface area contributed by atoms with Crippen LogP contribution < -0.4 is 5.73 Å². The molecule has 1 aliphatic carbocycles. The summed E-state index contributed by atoms with van der Waals surface area (Å²) in [6.45, 7) is 0.816. The molecule has 3 nitrogen and oxygen atoms in total. The third-order valence-electron chi connectivity index (χ3n) is 3.64. The molecule has 1 aromatic carbocycles. The van der Waals surface area contributed by atoms with Gasteiger partial charge in [-0.25, -0.2) is 0 Å². The lowest BCUT2D eigenvalue weighted by molar-refractivity contribution is 0.253. The maximum atomic E-state index is 6.28. The summed E-state index contributed by atoms with van der Waals surface area (Å²) in [4.78, 5) is 0. The first-order chi connectivity index (χ1) is 8.26. The van der Waals surface area contributed by atoms with Crippen LogP contribution in [0, 0.1) is 0 Å². The Kier molecular flexibility index (Phi) is 2.48. The van der Waals surface area contributed by atoms with Crippen LogP contribution >= 0.6 is 0 Å². The minimum Gasteiger partial charge on any atom is -0.321 e. The van der Waals surface area contributed by atoms with Crippen molar-refractivity contribution in [3.05, 3.63) is 53.9 Å². The number of rotatable bonds is 3. The Hall–Kier alpha value is -1.61. The van der Waals surface area contributed by atoms with E-state index in [-0.39, 0.29) is 5.54 Å². The highest BCUT2D eigenvalue weighted by Crippen LogP contribution is 2.38. The Labute approximate surface area is 101 Å². The molecule has 1 aromatic heterocycles. The van der Waals surface area contributed by atoms with Crippen LogP contribution in [0.15, 0.2) is 42.7 Å². The SMILES string of the molecule is NC1(c2cnn(Cc3ccccc3)c2)CCC1. The second kappa shape index (κ2) is 4.00. The van der Waals surface area contributed by atoms with Crippen molar-refractivity contribution in [2.75, 3.05) is 0 Å². The monoisotopic (exact) mass is 227 g/mol. The van der Waals surface area contributed by atoms with E-state index in [4.69, 9.17) is 5.73 Å². The van der Waals surface area contributed by atoms with E-state index < -0.39 is 0 Å². The van der Waals surface area contributed by atoms with Crippen LogP contribution in [0.1, 0.15) is 30.4 Å². The van der Waals surface area contributed by atoms with Crippen molar-refractivity contribution >= 4 is 0 Å². The van der Waals surface area contributed by atoms with Gasteiger partial charge in [-0.1, -0.05) is 30.3 Å². The Morgan fingerprint density at radius 2 is 2.00 bits per heavy atom. The standard InChI is InChI=1S/C14H17N3/c15-14(7-4-8-14)13-9-16-17(11-13)10-12-5-2-1-3-6-12/h1-3,5-6,9,11H,4,7-8,10,15H2. The molecule has 0 atom stereocenters. The van der Waals surface area contributed by atoms with Gasteiger partial charge in [0, 0.05) is 17.3 Å². The lowest BCUT2D eigenvalue weighted by Crippen LogP contribution is -2.42. The molecular formula is C14H17N3. The van der Waals surface area contributed by atoms with Gasteiger partial charge < -0.3 is 5.73 Å². The summed E-state index contributed by atoms with van der Waals surface area (Å²) in [6.07, 6.45) is 7.42. The fourth-order valence-electron chi connectivity index (χ4n) is 2.32. The predicted octanol–water partition coefficient (Wildman–Crippen LogP) is 2.27. The summed E-state index contributed by atoms with van der Waals surface area (Å²) in [5.41, 5.74) is 8.62. The Morgan fingerprint density at radius 1 is 1.24 bits per heavy atom. The van der Waals surface area contributed by atoms with E-state index in [1.807, 2.05) is 16.9 Å². The van der Waals surface area contributed by atoms with E-state index in [0.29, 0.717) is 0 Å². The average molecular weight is 227 g/mol. The van der Waals surface area contributed by atoms with E-state index >= 15 is 0 Å². The molecule has 0 aliphatic heterocycles. The molecule has 0 spiro atoms. The van der Waals surface area contributed by atoms with Crippen molar-refractivity contribution in [2.24, 2.45) is 5.73 Å². The van der Waals surface area contributed by atoms with Gasteiger partial charge in [0.05, 0.1) is 12.7 Å². The molecule has 3 rings (SSSR count). The van der Waals surface area contributed by atoms with E-state index in [0.717, 1.165) is 19.4 Å². The van der Waals surface area contributed by atoms with Crippen molar-refractivity contribution in [2.45, 2.75) is 31.3 Å². The molecule has 1 heterocycles. The molecule has 1 fully saturated rings. The molecule has 3 heteroatoms. The fraction of sp³-hybridized carbons (Fsp3) is 0.357. The van der Waals surface area contributed by atoms with E-state index in [9.17, 15) is 0 Å².